The molecule has 1 N–H and O–H groups in total. The molecule has 2 aromatic carbocycles. The van der Waals surface area contributed by atoms with Crippen LogP contribution in [-0.4, -0.2) is 22.4 Å². The minimum Gasteiger partial charge on any atom is -0.491 e. The van der Waals surface area contributed by atoms with Crippen LogP contribution in [0.3, 0.4) is 0 Å². The Kier molecular flexibility index (Phi) is 5.62. The van der Waals surface area contributed by atoms with E-state index in [1.54, 1.807) is 0 Å². The van der Waals surface area contributed by atoms with Crippen molar-refractivity contribution in [2.45, 2.75) is 52.8 Å². The second-order valence-electron chi connectivity index (χ2n) is 7.08. The molecule has 1 unspecified atom stereocenters. The van der Waals surface area contributed by atoms with Crippen molar-refractivity contribution in [3.63, 3.8) is 0 Å². The van der Waals surface area contributed by atoms with Gasteiger partial charge in [-0.05, 0) is 42.7 Å². The van der Waals surface area contributed by atoms with Gasteiger partial charge in [0.25, 0.3) is 5.82 Å². The quantitative estimate of drug-likeness (QED) is 0.656. The lowest BCUT2D eigenvalue weighted by Gasteiger charge is -2.12. The van der Waals surface area contributed by atoms with Gasteiger partial charge in [0.15, 0.2) is 11.0 Å². The number of aromatic nitrogens is 2. The number of rotatable bonds is 7. The molecule has 0 amide bonds. The van der Waals surface area contributed by atoms with Crippen LogP contribution in [-0.2, 0) is 13.1 Å². The van der Waals surface area contributed by atoms with Gasteiger partial charge in [0.1, 0.15) is 25.0 Å². The molecule has 138 valence electrons. The topological polar surface area (TPSA) is 38.3 Å². The first-order chi connectivity index (χ1) is 12.5. The lowest BCUT2D eigenvalue weighted by molar-refractivity contribution is -0.685. The van der Waals surface area contributed by atoms with Crippen LogP contribution in [0.2, 0.25) is 0 Å². The van der Waals surface area contributed by atoms with E-state index in [1.807, 2.05) is 18.2 Å². The molecule has 4 nitrogen and oxygen atoms in total. The molecule has 0 aliphatic heterocycles. The van der Waals surface area contributed by atoms with E-state index in [-0.39, 0.29) is 6.61 Å². The summed E-state index contributed by atoms with van der Waals surface area (Å²) in [5.41, 5.74) is 3.63. The number of aliphatic hydroxyl groups is 1. The van der Waals surface area contributed by atoms with Crippen molar-refractivity contribution in [3.8, 4) is 5.75 Å². The minimum absolute atomic E-state index is 0.277. The summed E-state index contributed by atoms with van der Waals surface area (Å²) in [6.07, 6.45) is -0.570. The van der Waals surface area contributed by atoms with Gasteiger partial charge < -0.3 is 9.84 Å². The van der Waals surface area contributed by atoms with E-state index in [4.69, 9.17) is 4.74 Å². The van der Waals surface area contributed by atoms with Crippen LogP contribution in [0.5, 0.6) is 5.75 Å². The second kappa shape index (κ2) is 7.92. The molecule has 0 saturated carbocycles. The lowest BCUT2D eigenvalue weighted by atomic mass is 10.0. The average Bonchev–Trinajstić information content (AvgIpc) is 2.91. The molecule has 1 aromatic heterocycles. The molecule has 3 aromatic rings. The fourth-order valence-electron chi connectivity index (χ4n) is 3.45. The van der Waals surface area contributed by atoms with E-state index in [0.717, 1.165) is 23.6 Å². The van der Waals surface area contributed by atoms with E-state index < -0.39 is 6.10 Å². The van der Waals surface area contributed by atoms with Crippen LogP contribution in [0.4, 0.5) is 0 Å². The summed E-state index contributed by atoms with van der Waals surface area (Å²) < 4.78 is 10.2. The van der Waals surface area contributed by atoms with Crippen molar-refractivity contribution in [2.75, 3.05) is 6.61 Å². The predicted molar refractivity (Wildman–Crippen MR) is 105 cm³/mol. The summed E-state index contributed by atoms with van der Waals surface area (Å²) >= 11 is 0. The third-order valence-corrected chi connectivity index (χ3v) is 4.94. The first-order valence-corrected chi connectivity index (χ1v) is 9.39. The van der Waals surface area contributed by atoms with Gasteiger partial charge in [-0.1, -0.05) is 38.1 Å². The zero-order valence-corrected chi connectivity index (χ0v) is 16.1. The minimum atomic E-state index is -0.570. The molecule has 1 atom stereocenters. The Morgan fingerprint density at radius 1 is 1.08 bits per heavy atom. The number of ether oxygens (including phenoxy) is 1. The third-order valence-electron chi connectivity index (χ3n) is 4.94. The van der Waals surface area contributed by atoms with Crippen LogP contribution < -0.4 is 9.30 Å². The average molecular weight is 353 g/mol. The largest absolute Gasteiger partial charge is 0.491 e. The number of para-hydroxylation sites is 2. The molecule has 3 rings (SSSR count). The van der Waals surface area contributed by atoms with Crippen molar-refractivity contribution < 1.29 is 14.4 Å². The van der Waals surface area contributed by atoms with E-state index >= 15 is 0 Å². The predicted octanol–water partition coefficient (Wildman–Crippen LogP) is 3.82. The third kappa shape index (κ3) is 3.75. The zero-order chi connectivity index (χ0) is 18.7. The number of hydrogen-bond acceptors (Lipinski definition) is 2. The Hall–Kier alpha value is -2.33. The van der Waals surface area contributed by atoms with Crippen molar-refractivity contribution in [3.05, 3.63) is 59.9 Å². The van der Waals surface area contributed by atoms with E-state index in [2.05, 4.69) is 67.2 Å². The van der Waals surface area contributed by atoms with Crippen LogP contribution >= 0.6 is 0 Å². The van der Waals surface area contributed by atoms with Gasteiger partial charge in [-0.2, -0.15) is 0 Å². The molecule has 0 radical (unpaired) electrons. The highest BCUT2D eigenvalue weighted by Gasteiger charge is 2.22. The van der Waals surface area contributed by atoms with Gasteiger partial charge in [-0.15, -0.1) is 0 Å². The Bertz CT molecular complexity index is 866. The van der Waals surface area contributed by atoms with E-state index in [1.165, 1.54) is 11.1 Å². The van der Waals surface area contributed by atoms with Gasteiger partial charge >= 0.3 is 0 Å². The van der Waals surface area contributed by atoms with Crippen molar-refractivity contribution >= 4 is 11.0 Å². The first kappa shape index (κ1) is 18.5. The van der Waals surface area contributed by atoms with E-state index in [0.29, 0.717) is 12.5 Å². The standard InChI is InChI=1S/C22H29N2O2/c1-5-23-17(4)24(22-9-7-6-8-21(22)23)14-19(25)15-26-20-12-10-18(11-13-20)16(2)3/h6-13,16,19,25H,5,14-15H2,1-4H3/q+1. The van der Waals surface area contributed by atoms with Gasteiger partial charge in [-0.3, -0.25) is 0 Å². The molecule has 0 saturated heterocycles. The number of nitrogens with zero attached hydrogens (tertiary/aromatic N) is 2. The molecule has 0 aliphatic rings. The second-order valence-corrected chi connectivity index (χ2v) is 7.08. The molecule has 0 aliphatic carbocycles. The Morgan fingerprint density at radius 2 is 1.77 bits per heavy atom. The fraction of sp³-hybridized carbons (Fsp3) is 0.409. The zero-order valence-electron chi connectivity index (χ0n) is 16.1. The molecular weight excluding hydrogens is 324 g/mol. The maximum Gasteiger partial charge on any atom is 0.254 e. The maximum atomic E-state index is 10.5. The number of aryl methyl sites for hydroxylation is 1. The molecule has 0 bridgehead atoms. The lowest BCUT2D eigenvalue weighted by Crippen LogP contribution is -2.44. The van der Waals surface area contributed by atoms with Gasteiger partial charge in [0, 0.05) is 6.92 Å². The van der Waals surface area contributed by atoms with Crippen molar-refractivity contribution in [2.24, 2.45) is 0 Å². The molecule has 0 spiro atoms. The molecule has 0 fully saturated rings. The van der Waals surface area contributed by atoms with Gasteiger partial charge in [0.2, 0.25) is 0 Å². The molecule has 26 heavy (non-hydrogen) atoms. The highest BCUT2D eigenvalue weighted by molar-refractivity contribution is 5.72. The van der Waals surface area contributed by atoms with Crippen LogP contribution in [0, 0.1) is 6.92 Å². The Morgan fingerprint density at radius 3 is 2.42 bits per heavy atom. The van der Waals surface area contributed by atoms with Crippen molar-refractivity contribution in [1.82, 2.24) is 4.57 Å². The summed E-state index contributed by atoms with van der Waals surface area (Å²) in [6, 6.07) is 16.4. The highest BCUT2D eigenvalue weighted by atomic mass is 16.5. The molecule has 4 heteroatoms. The van der Waals surface area contributed by atoms with Crippen LogP contribution in [0.15, 0.2) is 48.5 Å². The SMILES string of the molecule is CCn1c(C)[n+](CC(O)COc2ccc(C(C)C)cc2)c2ccccc21. The monoisotopic (exact) mass is 353 g/mol. The number of aliphatic hydroxyl groups excluding tert-OH is 1. The summed E-state index contributed by atoms with van der Waals surface area (Å²) in [5, 5.41) is 10.5. The first-order valence-electron chi connectivity index (χ1n) is 9.39. The number of benzene rings is 2. The van der Waals surface area contributed by atoms with Crippen molar-refractivity contribution in [1.29, 1.82) is 0 Å². The Balaban J connectivity index is 1.69. The Labute approximate surface area is 155 Å². The van der Waals surface area contributed by atoms with Gasteiger partial charge in [-0.25, -0.2) is 9.13 Å². The number of hydrogen-bond donors (Lipinski definition) is 1. The van der Waals surface area contributed by atoms with Crippen LogP contribution in [0.1, 0.15) is 38.1 Å². The fourth-order valence-corrected chi connectivity index (χ4v) is 3.45. The number of fused-ring (bicyclic) bond motifs is 1. The van der Waals surface area contributed by atoms with Gasteiger partial charge in [0.05, 0.1) is 6.54 Å². The summed E-state index contributed by atoms with van der Waals surface area (Å²) in [4.78, 5) is 0. The summed E-state index contributed by atoms with van der Waals surface area (Å²) in [6.45, 7) is 10.3. The summed E-state index contributed by atoms with van der Waals surface area (Å²) in [7, 11) is 0. The number of imidazole rings is 1. The normalized spacial score (nSPS) is 12.7. The molecular formula is C22H29N2O2+. The summed E-state index contributed by atoms with van der Waals surface area (Å²) in [5.74, 6) is 2.45. The van der Waals surface area contributed by atoms with E-state index in [9.17, 15) is 5.11 Å². The smallest absolute Gasteiger partial charge is 0.254 e. The highest BCUT2D eigenvalue weighted by Crippen LogP contribution is 2.19. The maximum absolute atomic E-state index is 10.5. The van der Waals surface area contributed by atoms with Crippen LogP contribution in [0.25, 0.3) is 11.0 Å². The molecule has 1 heterocycles.